The second-order valence-corrected chi connectivity index (χ2v) is 6.62. The topological polar surface area (TPSA) is 172 Å². The number of carbonyl (C=O) groups excluding carboxylic acids is 1. The van der Waals surface area contributed by atoms with Crippen molar-refractivity contribution in [3.05, 3.63) is 47.0 Å². The van der Waals surface area contributed by atoms with Crippen LogP contribution in [0, 0.1) is 0 Å². The lowest BCUT2D eigenvalue weighted by molar-refractivity contribution is -0.118. The number of aromatic nitrogens is 4. The Kier molecular flexibility index (Phi) is 5.46. The fourth-order valence-corrected chi connectivity index (χ4v) is 3.12. The predicted octanol–water partition coefficient (Wildman–Crippen LogP) is -1.25. The Hall–Kier alpha value is -3.32. The molecular weight excluding hydrogens is 398 g/mol. The number of aromatic amines is 1. The predicted molar refractivity (Wildman–Crippen MR) is 102 cm³/mol. The number of hydrogen-bond donors (Lipinski definition) is 5. The van der Waals surface area contributed by atoms with Gasteiger partial charge in [0.2, 0.25) is 5.95 Å². The van der Waals surface area contributed by atoms with Crippen LogP contribution >= 0.6 is 0 Å². The summed E-state index contributed by atoms with van der Waals surface area (Å²) in [5.41, 5.74) is -0.649. The van der Waals surface area contributed by atoms with Crippen LogP contribution in [0.15, 0.2) is 41.5 Å². The SMILES string of the molecule is O=C(COc1ccccc1)Nc1nc2c(ncn2[C@H]2O[C@@H](CO)[C@@H](O)[C@@H]2O)c(=O)[nH]1. The molecule has 0 bridgehead atoms. The van der Waals surface area contributed by atoms with E-state index in [0.717, 1.165) is 0 Å². The summed E-state index contributed by atoms with van der Waals surface area (Å²) < 4.78 is 12.0. The van der Waals surface area contributed by atoms with E-state index in [9.17, 15) is 24.9 Å². The Morgan fingerprint density at radius 2 is 2.03 bits per heavy atom. The fraction of sp³-hybridized carbons (Fsp3) is 0.333. The van der Waals surface area contributed by atoms with Crippen molar-refractivity contribution >= 4 is 23.0 Å². The minimum atomic E-state index is -1.38. The van der Waals surface area contributed by atoms with Gasteiger partial charge in [-0.3, -0.25) is 24.5 Å². The summed E-state index contributed by atoms with van der Waals surface area (Å²) in [6.45, 7) is -0.808. The van der Waals surface area contributed by atoms with Crippen molar-refractivity contribution in [2.75, 3.05) is 18.5 Å². The number of H-pyrrole nitrogens is 1. The first-order valence-electron chi connectivity index (χ1n) is 9.05. The van der Waals surface area contributed by atoms with E-state index in [4.69, 9.17) is 9.47 Å². The lowest BCUT2D eigenvalue weighted by Gasteiger charge is -2.16. The normalized spacial score (nSPS) is 23.6. The summed E-state index contributed by atoms with van der Waals surface area (Å²) in [6, 6.07) is 8.73. The summed E-state index contributed by atoms with van der Waals surface area (Å²) >= 11 is 0. The molecule has 1 saturated heterocycles. The van der Waals surface area contributed by atoms with Crippen molar-refractivity contribution < 1.29 is 29.6 Å². The smallest absolute Gasteiger partial charge is 0.280 e. The van der Waals surface area contributed by atoms with Crippen molar-refractivity contribution in [2.45, 2.75) is 24.5 Å². The number of imidazole rings is 1. The number of aliphatic hydroxyl groups excluding tert-OH is 3. The van der Waals surface area contributed by atoms with E-state index in [-0.39, 0.29) is 23.7 Å². The molecule has 12 heteroatoms. The molecule has 1 aliphatic heterocycles. The number of amides is 1. The van der Waals surface area contributed by atoms with E-state index in [1.54, 1.807) is 24.3 Å². The highest BCUT2D eigenvalue weighted by Crippen LogP contribution is 2.30. The van der Waals surface area contributed by atoms with E-state index in [2.05, 4.69) is 20.3 Å². The van der Waals surface area contributed by atoms with Crippen LogP contribution in [-0.4, -0.2) is 72.3 Å². The molecule has 4 atom stereocenters. The molecule has 1 aliphatic rings. The number of carbonyl (C=O) groups is 1. The zero-order chi connectivity index (χ0) is 21.3. The second kappa shape index (κ2) is 8.20. The van der Waals surface area contributed by atoms with E-state index in [0.29, 0.717) is 5.75 Å². The Labute approximate surface area is 168 Å². The number of aliphatic hydroxyl groups is 3. The fourth-order valence-electron chi connectivity index (χ4n) is 3.12. The first-order valence-corrected chi connectivity index (χ1v) is 9.05. The molecule has 12 nitrogen and oxygen atoms in total. The zero-order valence-electron chi connectivity index (χ0n) is 15.5. The maximum absolute atomic E-state index is 12.3. The van der Waals surface area contributed by atoms with Gasteiger partial charge in [0.25, 0.3) is 11.5 Å². The van der Waals surface area contributed by atoms with Gasteiger partial charge in [0.05, 0.1) is 12.9 Å². The van der Waals surface area contributed by atoms with Gasteiger partial charge in [-0.25, -0.2) is 4.98 Å². The molecule has 1 aromatic carbocycles. The van der Waals surface area contributed by atoms with Gasteiger partial charge in [0, 0.05) is 0 Å². The highest BCUT2D eigenvalue weighted by Gasteiger charge is 2.44. The molecule has 1 fully saturated rings. The molecule has 4 rings (SSSR count). The molecule has 0 aliphatic carbocycles. The van der Waals surface area contributed by atoms with Crippen LogP contribution in [0.3, 0.4) is 0 Å². The minimum Gasteiger partial charge on any atom is -0.484 e. The highest BCUT2D eigenvalue weighted by molar-refractivity contribution is 5.90. The standard InChI is InChI=1S/C18H19N5O7/c24-6-10-13(26)14(27)17(30-10)23-8-19-12-15(23)21-18(22-16(12)28)20-11(25)7-29-9-4-2-1-3-5-9/h1-5,8,10,13-14,17,24,26-27H,6-7H2,(H2,20,21,22,25,28)/t10-,13+,14-,17-/m0/s1. The summed E-state index contributed by atoms with van der Waals surface area (Å²) in [4.78, 5) is 35.0. The van der Waals surface area contributed by atoms with Gasteiger partial charge < -0.3 is 24.8 Å². The summed E-state index contributed by atoms with van der Waals surface area (Å²) in [7, 11) is 0. The number of rotatable bonds is 6. The number of para-hydroxylation sites is 1. The number of nitrogens with zero attached hydrogens (tertiary/aromatic N) is 3. The molecular formula is C18H19N5O7. The highest BCUT2D eigenvalue weighted by atomic mass is 16.6. The number of fused-ring (bicyclic) bond motifs is 1. The minimum absolute atomic E-state index is 0.0212. The third kappa shape index (κ3) is 3.76. The molecule has 2 aromatic heterocycles. The molecule has 158 valence electrons. The number of benzene rings is 1. The number of anilines is 1. The molecule has 0 saturated carbocycles. The lowest BCUT2D eigenvalue weighted by Crippen LogP contribution is -2.33. The maximum atomic E-state index is 12.3. The Bertz CT molecular complexity index is 1100. The van der Waals surface area contributed by atoms with Crippen LogP contribution in [-0.2, 0) is 9.53 Å². The first kappa shape index (κ1) is 20.0. The number of ether oxygens (including phenoxy) is 2. The van der Waals surface area contributed by atoms with Crippen molar-refractivity contribution in [3.8, 4) is 5.75 Å². The Balaban J connectivity index is 1.55. The van der Waals surface area contributed by atoms with Crippen LogP contribution in [0.25, 0.3) is 11.2 Å². The summed E-state index contributed by atoms with van der Waals surface area (Å²) in [5, 5.41) is 31.9. The van der Waals surface area contributed by atoms with Crippen LogP contribution in [0.2, 0.25) is 0 Å². The van der Waals surface area contributed by atoms with Gasteiger partial charge >= 0.3 is 0 Å². The van der Waals surface area contributed by atoms with Crippen molar-refractivity contribution in [2.24, 2.45) is 0 Å². The van der Waals surface area contributed by atoms with Crippen molar-refractivity contribution in [3.63, 3.8) is 0 Å². The number of hydrogen-bond acceptors (Lipinski definition) is 9. The van der Waals surface area contributed by atoms with Crippen LogP contribution in [0.5, 0.6) is 5.75 Å². The quantitative estimate of drug-likeness (QED) is 0.328. The van der Waals surface area contributed by atoms with Gasteiger partial charge in [-0.05, 0) is 12.1 Å². The number of nitrogens with one attached hydrogen (secondary N) is 2. The Morgan fingerprint density at radius 1 is 1.27 bits per heavy atom. The lowest BCUT2D eigenvalue weighted by atomic mass is 10.1. The third-order valence-electron chi connectivity index (χ3n) is 4.59. The molecule has 30 heavy (non-hydrogen) atoms. The molecule has 1 amide bonds. The Morgan fingerprint density at radius 3 is 2.73 bits per heavy atom. The molecule has 0 radical (unpaired) electrons. The summed E-state index contributed by atoms with van der Waals surface area (Å²) in [6.07, 6.45) is -3.61. The van der Waals surface area contributed by atoms with Crippen LogP contribution < -0.4 is 15.6 Å². The van der Waals surface area contributed by atoms with Crippen molar-refractivity contribution in [1.82, 2.24) is 19.5 Å². The molecule has 0 unspecified atom stereocenters. The first-order chi connectivity index (χ1) is 14.5. The van der Waals surface area contributed by atoms with E-state index in [1.165, 1.54) is 10.9 Å². The average Bonchev–Trinajstić information content (AvgIpc) is 3.29. The molecule has 3 aromatic rings. The maximum Gasteiger partial charge on any atom is 0.280 e. The second-order valence-electron chi connectivity index (χ2n) is 6.62. The van der Waals surface area contributed by atoms with Gasteiger partial charge in [0.15, 0.2) is 24.0 Å². The third-order valence-corrected chi connectivity index (χ3v) is 4.59. The molecule has 3 heterocycles. The molecule has 5 N–H and O–H groups in total. The van der Waals surface area contributed by atoms with E-state index >= 15 is 0 Å². The average molecular weight is 417 g/mol. The zero-order valence-corrected chi connectivity index (χ0v) is 15.5. The van der Waals surface area contributed by atoms with Gasteiger partial charge in [-0.1, -0.05) is 18.2 Å². The van der Waals surface area contributed by atoms with E-state index in [1.807, 2.05) is 6.07 Å². The van der Waals surface area contributed by atoms with Gasteiger partial charge in [-0.15, -0.1) is 0 Å². The van der Waals surface area contributed by atoms with Gasteiger partial charge in [-0.2, -0.15) is 4.98 Å². The monoisotopic (exact) mass is 417 g/mol. The largest absolute Gasteiger partial charge is 0.484 e. The van der Waals surface area contributed by atoms with Crippen molar-refractivity contribution in [1.29, 1.82) is 0 Å². The summed E-state index contributed by atoms with van der Waals surface area (Å²) in [5.74, 6) is -0.199. The van der Waals surface area contributed by atoms with Crippen LogP contribution in [0.4, 0.5) is 5.95 Å². The molecule has 0 spiro atoms. The van der Waals surface area contributed by atoms with E-state index < -0.39 is 42.6 Å². The van der Waals surface area contributed by atoms with Gasteiger partial charge in [0.1, 0.15) is 24.1 Å². The van der Waals surface area contributed by atoms with Crippen LogP contribution in [0.1, 0.15) is 6.23 Å².